The fraction of sp³-hybridized carbons (Fsp3) is 0.600. The molecule has 20 heavy (non-hydrogen) atoms. The standard InChI is InChI=1S/C15H23NO3S/c1-4-19-15-8-7-14(10-13(15)3)20(17,18)16-9-5-6-12(2)11-16/h7-8,10,12H,4-6,9,11H2,1-3H3. The summed E-state index contributed by atoms with van der Waals surface area (Å²) in [6.07, 6.45) is 2.05. The van der Waals surface area contributed by atoms with Crippen molar-refractivity contribution in [2.75, 3.05) is 19.7 Å². The fourth-order valence-corrected chi connectivity index (χ4v) is 4.30. The van der Waals surface area contributed by atoms with Gasteiger partial charge in [0.15, 0.2) is 0 Å². The molecule has 1 aliphatic heterocycles. The molecule has 5 heteroatoms. The molecule has 0 bridgehead atoms. The molecule has 0 spiro atoms. The molecule has 2 rings (SSSR count). The number of benzene rings is 1. The lowest BCUT2D eigenvalue weighted by Crippen LogP contribution is -2.39. The Morgan fingerprint density at radius 1 is 1.40 bits per heavy atom. The molecule has 0 radical (unpaired) electrons. The van der Waals surface area contributed by atoms with E-state index in [9.17, 15) is 8.42 Å². The smallest absolute Gasteiger partial charge is 0.243 e. The molecule has 0 aromatic heterocycles. The highest BCUT2D eigenvalue weighted by atomic mass is 32.2. The third-order valence-corrected chi connectivity index (χ3v) is 5.56. The van der Waals surface area contributed by atoms with Crippen LogP contribution in [-0.2, 0) is 10.0 Å². The van der Waals surface area contributed by atoms with Gasteiger partial charge in [0, 0.05) is 13.1 Å². The van der Waals surface area contributed by atoms with E-state index < -0.39 is 10.0 Å². The third kappa shape index (κ3) is 3.15. The zero-order valence-electron chi connectivity index (χ0n) is 12.4. The highest BCUT2D eigenvalue weighted by Gasteiger charge is 2.28. The largest absolute Gasteiger partial charge is 0.494 e. The average Bonchev–Trinajstić information content (AvgIpc) is 2.41. The number of nitrogens with zero attached hydrogens (tertiary/aromatic N) is 1. The van der Waals surface area contributed by atoms with E-state index in [-0.39, 0.29) is 0 Å². The van der Waals surface area contributed by atoms with Crippen molar-refractivity contribution in [2.45, 2.75) is 38.5 Å². The molecule has 1 aliphatic rings. The Bertz CT molecular complexity index is 568. The fourth-order valence-electron chi connectivity index (χ4n) is 2.61. The molecule has 1 atom stereocenters. The van der Waals surface area contributed by atoms with Gasteiger partial charge < -0.3 is 4.74 Å². The van der Waals surface area contributed by atoms with Gasteiger partial charge in [0.2, 0.25) is 10.0 Å². The van der Waals surface area contributed by atoms with E-state index in [1.54, 1.807) is 22.5 Å². The minimum absolute atomic E-state index is 0.368. The van der Waals surface area contributed by atoms with Crippen LogP contribution in [0.5, 0.6) is 5.75 Å². The first kappa shape index (κ1) is 15.3. The van der Waals surface area contributed by atoms with Crippen molar-refractivity contribution in [1.29, 1.82) is 0 Å². The van der Waals surface area contributed by atoms with Crippen LogP contribution in [-0.4, -0.2) is 32.4 Å². The lowest BCUT2D eigenvalue weighted by Gasteiger charge is -2.30. The predicted molar refractivity (Wildman–Crippen MR) is 79.5 cm³/mol. The molecule has 0 amide bonds. The molecular formula is C15H23NO3S. The maximum Gasteiger partial charge on any atom is 0.243 e. The van der Waals surface area contributed by atoms with Gasteiger partial charge in [-0.2, -0.15) is 4.31 Å². The normalized spacial score (nSPS) is 20.9. The van der Waals surface area contributed by atoms with Crippen molar-refractivity contribution < 1.29 is 13.2 Å². The lowest BCUT2D eigenvalue weighted by atomic mass is 10.0. The first-order valence-corrected chi connectivity index (χ1v) is 8.62. The highest BCUT2D eigenvalue weighted by molar-refractivity contribution is 7.89. The Morgan fingerprint density at radius 3 is 2.75 bits per heavy atom. The number of piperidine rings is 1. The van der Waals surface area contributed by atoms with Crippen molar-refractivity contribution in [1.82, 2.24) is 4.31 Å². The van der Waals surface area contributed by atoms with E-state index in [4.69, 9.17) is 4.74 Å². The second-order valence-corrected chi connectivity index (χ2v) is 7.41. The molecule has 1 fully saturated rings. The molecule has 1 unspecified atom stereocenters. The Labute approximate surface area is 121 Å². The van der Waals surface area contributed by atoms with E-state index in [0.29, 0.717) is 30.5 Å². The van der Waals surface area contributed by atoms with Crippen molar-refractivity contribution in [3.8, 4) is 5.75 Å². The Hall–Kier alpha value is -1.07. The van der Waals surface area contributed by atoms with E-state index >= 15 is 0 Å². The maximum absolute atomic E-state index is 12.6. The first-order valence-electron chi connectivity index (χ1n) is 7.18. The van der Waals surface area contributed by atoms with Crippen LogP contribution in [0.15, 0.2) is 23.1 Å². The molecule has 1 aromatic carbocycles. The van der Waals surface area contributed by atoms with Crippen molar-refractivity contribution in [3.63, 3.8) is 0 Å². The van der Waals surface area contributed by atoms with Crippen LogP contribution in [0, 0.1) is 12.8 Å². The average molecular weight is 297 g/mol. The van der Waals surface area contributed by atoms with Crippen LogP contribution in [0.2, 0.25) is 0 Å². The molecule has 1 saturated heterocycles. The van der Waals surface area contributed by atoms with Crippen molar-refractivity contribution >= 4 is 10.0 Å². The van der Waals surface area contributed by atoms with Crippen LogP contribution >= 0.6 is 0 Å². The van der Waals surface area contributed by atoms with E-state index in [1.165, 1.54) is 0 Å². The van der Waals surface area contributed by atoms with E-state index in [0.717, 1.165) is 24.2 Å². The van der Waals surface area contributed by atoms with E-state index in [2.05, 4.69) is 6.92 Å². The SMILES string of the molecule is CCOc1ccc(S(=O)(=O)N2CCCC(C)C2)cc1C. The van der Waals surface area contributed by atoms with Crippen LogP contribution in [0.4, 0.5) is 0 Å². The quantitative estimate of drug-likeness (QED) is 0.858. The summed E-state index contributed by atoms with van der Waals surface area (Å²) in [5.41, 5.74) is 0.859. The Balaban J connectivity index is 2.27. The summed E-state index contributed by atoms with van der Waals surface area (Å²) in [4.78, 5) is 0.368. The van der Waals surface area contributed by atoms with E-state index in [1.807, 2.05) is 13.8 Å². The second-order valence-electron chi connectivity index (χ2n) is 5.47. The molecule has 0 aliphatic carbocycles. The van der Waals surface area contributed by atoms with Gasteiger partial charge in [-0.25, -0.2) is 8.42 Å². The Morgan fingerprint density at radius 2 is 2.15 bits per heavy atom. The maximum atomic E-state index is 12.6. The monoisotopic (exact) mass is 297 g/mol. The number of ether oxygens (including phenoxy) is 1. The van der Waals surface area contributed by atoms with Gasteiger partial charge in [0.05, 0.1) is 11.5 Å². The zero-order valence-corrected chi connectivity index (χ0v) is 13.2. The van der Waals surface area contributed by atoms with Crippen LogP contribution in [0.3, 0.4) is 0 Å². The molecule has 1 heterocycles. The molecule has 1 aromatic rings. The van der Waals surface area contributed by atoms with Gasteiger partial charge in [-0.3, -0.25) is 0 Å². The van der Waals surface area contributed by atoms with Gasteiger partial charge in [-0.15, -0.1) is 0 Å². The van der Waals surface area contributed by atoms with Gasteiger partial charge in [0.1, 0.15) is 5.75 Å². The summed E-state index contributed by atoms with van der Waals surface area (Å²) in [7, 11) is -3.37. The molecular weight excluding hydrogens is 274 g/mol. The number of hydrogen-bond acceptors (Lipinski definition) is 3. The summed E-state index contributed by atoms with van der Waals surface area (Å²) < 4.78 is 32.3. The minimum atomic E-state index is -3.37. The van der Waals surface area contributed by atoms with Crippen LogP contribution in [0.1, 0.15) is 32.3 Å². The molecule has 112 valence electrons. The van der Waals surface area contributed by atoms with Gasteiger partial charge in [-0.1, -0.05) is 6.92 Å². The van der Waals surface area contributed by atoms with Gasteiger partial charge >= 0.3 is 0 Å². The van der Waals surface area contributed by atoms with Crippen molar-refractivity contribution in [3.05, 3.63) is 23.8 Å². The zero-order chi connectivity index (χ0) is 14.8. The summed E-state index contributed by atoms with van der Waals surface area (Å²) in [5.74, 6) is 1.18. The predicted octanol–water partition coefficient (Wildman–Crippen LogP) is 2.81. The number of sulfonamides is 1. The minimum Gasteiger partial charge on any atom is -0.494 e. The molecule has 4 nitrogen and oxygen atoms in total. The van der Waals surface area contributed by atoms with Gasteiger partial charge in [-0.05, 0) is 56.4 Å². The summed E-state index contributed by atoms with van der Waals surface area (Å²) in [5, 5.41) is 0. The summed E-state index contributed by atoms with van der Waals surface area (Å²) in [6, 6.07) is 5.10. The third-order valence-electron chi connectivity index (χ3n) is 3.70. The topological polar surface area (TPSA) is 46.6 Å². The summed E-state index contributed by atoms with van der Waals surface area (Å²) in [6.45, 7) is 7.72. The lowest BCUT2D eigenvalue weighted by molar-refractivity contribution is 0.281. The Kier molecular flexibility index (Phi) is 4.70. The highest BCUT2D eigenvalue weighted by Crippen LogP contribution is 2.27. The number of aryl methyl sites for hydroxylation is 1. The summed E-state index contributed by atoms with van der Waals surface area (Å²) >= 11 is 0. The molecule has 0 saturated carbocycles. The molecule has 0 N–H and O–H groups in total. The van der Waals surface area contributed by atoms with Gasteiger partial charge in [0.25, 0.3) is 0 Å². The van der Waals surface area contributed by atoms with Crippen molar-refractivity contribution in [2.24, 2.45) is 5.92 Å². The van der Waals surface area contributed by atoms with Crippen LogP contribution < -0.4 is 4.74 Å². The van der Waals surface area contributed by atoms with Crippen LogP contribution in [0.25, 0.3) is 0 Å². The first-order chi connectivity index (χ1) is 9.45. The number of rotatable bonds is 4. The number of hydrogen-bond donors (Lipinski definition) is 0. The second kappa shape index (κ2) is 6.14.